The first kappa shape index (κ1) is 16.1. The Bertz CT molecular complexity index is 728. The van der Waals surface area contributed by atoms with E-state index in [9.17, 15) is 9.59 Å². The van der Waals surface area contributed by atoms with Gasteiger partial charge >= 0.3 is 0 Å². The van der Waals surface area contributed by atoms with Crippen LogP contribution in [0.1, 0.15) is 20.8 Å². The Labute approximate surface area is 143 Å². The first-order valence-corrected chi connectivity index (χ1v) is 9.40. The van der Waals surface area contributed by atoms with Gasteiger partial charge in [0.25, 0.3) is 5.91 Å². The molecule has 0 radical (unpaired) electrons. The van der Waals surface area contributed by atoms with Crippen molar-refractivity contribution in [1.82, 2.24) is 4.90 Å². The fraction of sp³-hybridized carbons (Fsp3) is 0.294. The van der Waals surface area contributed by atoms with Gasteiger partial charge in [-0.3, -0.25) is 9.59 Å². The number of nitrogens with zero attached hydrogens (tertiary/aromatic N) is 1. The molecule has 2 heterocycles. The van der Waals surface area contributed by atoms with Gasteiger partial charge in [0.1, 0.15) is 6.04 Å². The summed E-state index contributed by atoms with van der Waals surface area (Å²) >= 11 is 3.02. The van der Waals surface area contributed by atoms with Gasteiger partial charge in [0.05, 0.1) is 10.8 Å². The average Bonchev–Trinajstić information content (AvgIpc) is 3.21. The molecule has 0 saturated carbocycles. The molecule has 1 aromatic heterocycles. The second kappa shape index (κ2) is 6.76. The molecule has 1 saturated heterocycles. The highest BCUT2D eigenvalue weighted by atomic mass is 32.2. The summed E-state index contributed by atoms with van der Waals surface area (Å²) in [6.45, 7) is 4.01. The number of thiophene rings is 1. The van der Waals surface area contributed by atoms with Gasteiger partial charge in [-0.1, -0.05) is 18.2 Å². The lowest BCUT2D eigenvalue weighted by atomic mass is 10.1. The van der Waals surface area contributed by atoms with Crippen molar-refractivity contribution in [3.8, 4) is 0 Å². The first-order chi connectivity index (χ1) is 11.1. The zero-order valence-corrected chi connectivity index (χ0v) is 14.7. The number of amides is 2. The van der Waals surface area contributed by atoms with Crippen LogP contribution in [0.5, 0.6) is 0 Å². The summed E-state index contributed by atoms with van der Waals surface area (Å²) in [4.78, 5) is 27.5. The Kier molecular flexibility index (Phi) is 4.73. The number of nitrogens with one attached hydrogen (secondary N) is 1. The third kappa shape index (κ3) is 3.28. The first-order valence-electron chi connectivity index (χ1n) is 7.37. The van der Waals surface area contributed by atoms with Gasteiger partial charge in [-0.2, -0.15) is 0 Å². The lowest BCUT2D eigenvalue weighted by molar-refractivity contribution is -0.119. The minimum Gasteiger partial charge on any atom is -0.324 e. The van der Waals surface area contributed by atoms with Crippen LogP contribution >= 0.6 is 23.1 Å². The Morgan fingerprint density at radius 2 is 2.04 bits per heavy atom. The van der Waals surface area contributed by atoms with Gasteiger partial charge in [0.15, 0.2) is 0 Å². The molecule has 6 heteroatoms. The molecular weight excluding hydrogens is 328 g/mol. The lowest BCUT2D eigenvalue weighted by Crippen LogP contribution is -2.44. The van der Waals surface area contributed by atoms with E-state index < -0.39 is 6.04 Å². The van der Waals surface area contributed by atoms with Crippen LogP contribution in [0.15, 0.2) is 35.7 Å². The summed E-state index contributed by atoms with van der Waals surface area (Å²) < 4.78 is 0. The number of hydrogen-bond acceptors (Lipinski definition) is 4. The van der Waals surface area contributed by atoms with E-state index in [-0.39, 0.29) is 11.8 Å². The molecule has 1 atom stereocenters. The Hall–Kier alpha value is -1.79. The fourth-order valence-electron chi connectivity index (χ4n) is 2.50. The van der Waals surface area contributed by atoms with Crippen LogP contribution in [0, 0.1) is 13.8 Å². The van der Waals surface area contributed by atoms with Gasteiger partial charge < -0.3 is 10.2 Å². The minimum atomic E-state index is -0.422. The average molecular weight is 346 g/mol. The van der Waals surface area contributed by atoms with Crippen LogP contribution < -0.4 is 5.32 Å². The van der Waals surface area contributed by atoms with Gasteiger partial charge in [0.2, 0.25) is 5.91 Å². The number of rotatable bonds is 3. The molecular formula is C17H18N2O2S2. The van der Waals surface area contributed by atoms with Crippen molar-refractivity contribution in [3.05, 3.63) is 51.7 Å². The summed E-state index contributed by atoms with van der Waals surface area (Å²) in [7, 11) is 0. The normalized spacial score (nSPS) is 17.3. The van der Waals surface area contributed by atoms with Crippen molar-refractivity contribution >= 4 is 40.6 Å². The molecule has 3 rings (SSSR count). The van der Waals surface area contributed by atoms with Gasteiger partial charge in [-0.15, -0.1) is 23.1 Å². The van der Waals surface area contributed by atoms with E-state index in [1.165, 1.54) is 11.3 Å². The predicted molar refractivity (Wildman–Crippen MR) is 96.1 cm³/mol. The Morgan fingerprint density at radius 3 is 2.78 bits per heavy atom. The third-order valence-corrected chi connectivity index (χ3v) is 5.91. The second-order valence-corrected chi connectivity index (χ2v) is 7.45. The molecule has 1 fully saturated rings. The predicted octanol–water partition coefficient (Wildman–Crippen LogP) is 3.52. The van der Waals surface area contributed by atoms with Crippen LogP contribution in [0.3, 0.4) is 0 Å². The number of aryl methyl sites for hydroxylation is 1. The van der Waals surface area contributed by atoms with Crippen molar-refractivity contribution < 1.29 is 9.59 Å². The van der Waals surface area contributed by atoms with Crippen LogP contribution in [-0.2, 0) is 4.79 Å². The van der Waals surface area contributed by atoms with Crippen molar-refractivity contribution in [1.29, 1.82) is 0 Å². The monoisotopic (exact) mass is 346 g/mol. The topological polar surface area (TPSA) is 49.4 Å². The maximum absolute atomic E-state index is 12.6. The number of thioether (sulfide) groups is 1. The molecule has 0 aliphatic carbocycles. The largest absolute Gasteiger partial charge is 0.324 e. The van der Waals surface area contributed by atoms with Gasteiger partial charge in [-0.25, -0.2) is 0 Å². The summed E-state index contributed by atoms with van der Waals surface area (Å²) in [5.41, 5.74) is 3.01. The van der Waals surface area contributed by atoms with Crippen LogP contribution in [0.4, 0.5) is 5.69 Å². The maximum atomic E-state index is 12.6. The molecule has 120 valence electrons. The minimum absolute atomic E-state index is 0.0638. The maximum Gasteiger partial charge on any atom is 0.265 e. The molecule has 0 spiro atoms. The number of anilines is 1. The van der Waals surface area contributed by atoms with E-state index in [0.717, 1.165) is 16.8 Å². The molecule has 2 amide bonds. The second-order valence-electron chi connectivity index (χ2n) is 5.50. The quantitative estimate of drug-likeness (QED) is 0.925. The number of hydrogen-bond donors (Lipinski definition) is 1. The van der Waals surface area contributed by atoms with Crippen LogP contribution in [0.25, 0.3) is 0 Å². The zero-order valence-electron chi connectivity index (χ0n) is 13.0. The third-order valence-electron chi connectivity index (χ3n) is 4.04. The standard InChI is InChI=1S/C17H18N2O2S2/c1-11-5-3-6-13(12(11)2)18-16(20)14-9-22-10-19(14)17(21)15-7-4-8-23-15/h3-8,14H,9-10H2,1-2H3,(H,18,20)/t14-/m1/s1. The van der Waals surface area contributed by atoms with E-state index in [0.29, 0.717) is 16.5 Å². The van der Waals surface area contributed by atoms with Crippen molar-refractivity contribution in [3.63, 3.8) is 0 Å². The number of carbonyl (C=O) groups excluding carboxylic acids is 2. The van der Waals surface area contributed by atoms with Crippen LogP contribution in [0.2, 0.25) is 0 Å². The molecule has 23 heavy (non-hydrogen) atoms. The molecule has 0 unspecified atom stereocenters. The molecule has 1 N–H and O–H groups in total. The van der Waals surface area contributed by atoms with E-state index in [1.54, 1.807) is 22.7 Å². The van der Waals surface area contributed by atoms with Crippen molar-refractivity contribution in [2.75, 3.05) is 16.9 Å². The molecule has 4 nitrogen and oxygen atoms in total. The molecule has 1 aliphatic heterocycles. The smallest absolute Gasteiger partial charge is 0.265 e. The SMILES string of the molecule is Cc1cccc(NC(=O)[C@H]2CSCN2C(=O)c2cccs2)c1C. The van der Waals surface area contributed by atoms with Crippen molar-refractivity contribution in [2.24, 2.45) is 0 Å². The summed E-state index contributed by atoms with van der Waals surface area (Å²) in [6, 6.07) is 9.07. The number of carbonyl (C=O) groups is 2. The Balaban J connectivity index is 1.76. The lowest BCUT2D eigenvalue weighted by Gasteiger charge is -2.23. The number of benzene rings is 1. The summed E-state index contributed by atoms with van der Waals surface area (Å²) in [5, 5.41) is 4.86. The summed E-state index contributed by atoms with van der Waals surface area (Å²) in [6.07, 6.45) is 0. The van der Waals surface area contributed by atoms with Gasteiger partial charge in [-0.05, 0) is 42.5 Å². The molecule has 0 bridgehead atoms. The van der Waals surface area contributed by atoms with E-state index in [1.807, 2.05) is 43.5 Å². The zero-order chi connectivity index (χ0) is 16.4. The highest BCUT2D eigenvalue weighted by Gasteiger charge is 2.35. The molecule has 1 aromatic carbocycles. The summed E-state index contributed by atoms with van der Waals surface area (Å²) in [5.74, 6) is 1.01. The fourth-order valence-corrected chi connectivity index (χ4v) is 4.34. The van der Waals surface area contributed by atoms with Crippen molar-refractivity contribution in [2.45, 2.75) is 19.9 Å². The molecule has 2 aromatic rings. The molecule has 1 aliphatic rings. The Morgan fingerprint density at radius 1 is 1.22 bits per heavy atom. The van der Waals surface area contributed by atoms with E-state index in [4.69, 9.17) is 0 Å². The van der Waals surface area contributed by atoms with Crippen LogP contribution in [-0.4, -0.2) is 34.4 Å². The highest BCUT2D eigenvalue weighted by Crippen LogP contribution is 2.26. The highest BCUT2D eigenvalue weighted by molar-refractivity contribution is 7.99. The van der Waals surface area contributed by atoms with E-state index in [2.05, 4.69) is 5.32 Å². The van der Waals surface area contributed by atoms with E-state index >= 15 is 0 Å². The van der Waals surface area contributed by atoms with Gasteiger partial charge in [0, 0.05) is 11.4 Å².